The zero-order valence-corrected chi connectivity index (χ0v) is 17.4. The van der Waals surface area contributed by atoms with E-state index in [2.05, 4.69) is 15.4 Å². The summed E-state index contributed by atoms with van der Waals surface area (Å²) in [6.07, 6.45) is 0.333. The predicted molar refractivity (Wildman–Crippen MR) is 111 cm³/mol. The van der Waals surface area contributed by atoms with Gasteiger partial charge in [0.1, 0.15) is 4.90 Å². The van der Waals surface area contributed by atoms with Gasteiger partial charge in [-0.3, -0.25) is 19.7 Å². The number of non-ortho nitro benzene ring substituents is 1. The van der Waals surface area contributed by atoms with E-state index < -0.39 is 31.4 Å². The van der Waals surface area contributed by atoms with Crippen molar-refractivity contribution >= 4 is 44.8 Å². The van der Waals surface area contributed by atoms with Crippen LogP contribution >= 0.6 is 11.6 Å². The highest BCUT2D eigenvalue weighted by Gasteiger charge is 2.21. The average Bonchev–Trinajstić information content (AvgIpc) is 2.71. The molecule has 10 nitrogen and oxygen atoms in total. The van der Waals surface area contributed by atoms with E-state index in [1.54, 1.807) is 19.1 Å². The Morgan fingerprint density at radius 1 is 1.10 bits per heavy atom. The summed E-state index contributed by atoms with van der Waals surface area (Å²) in [6, 6.07) is 9.29. The van der Waals surface area contributed by atoms with E-state index in [0.717, 1.165) is 18.2 Å². The molecular weight excluding hydrogens is 436 g/mol. The summed E-state index contributed by atoms with van der Waals surface area (Å²) in [5, 5.41) is 15.9. The van der Waals surface area contributed by atoms with E-state index in [1.807, 2.05) is 0 Å². The zero-order chi connectivity index (χ0) is 22.3. The molecule has 0 spiro atoms. The lowest BCUT2D eigenvalue weighted by atomic mass is 10.2. The van der Waals surface area contributed by atoms with Crippen LogP contribution in [-0.4, -0.2) is 38.2 Å². The molecule has 0 aliphatic carbocycles. The van der Waals surface area contributed by atoms with Gasteiger partial charge >= 0.3 is 0 Å². The van der Waals surface area contributed by atoms with Gasteiger partial charge in [-0.25, -0.2) is 13.1 Å². The van der Waals surface area contributed by atoms with Crippen LogP contribution in [0.3, 0.4) is 0 Å². The molecule has 0 saturated carbocycles. The van der Waals surface area contributed by atoms with E-state index in [9.17, 15) is 28.1 Å². The van der Waals surface area contributed by atoms with Gasteiger partial charge in [-0.05, 0) is 30.3 Å². The lowest BCUT2D eigenvalue weighted by Crippen LogP contribution is -2.34. The van der Waals surface area contributed by atoms with Gasteiger partial charge in [-0.1, -0.05) is 18.5 Å². The maximum atomic E-state index is 12.3. The Morgan fingerprint density at radius 2 is 1.77 bits per heavy atom. The van der Waals surface area contributed by atoms with Crippen molar-refractivity contribution in [3.8, 4) is 0 Å². The van der Waals surface area contributed by atoms with Crippen molar-refractivity contribution < 1.29 is 22.9 Å². The lowest BCUT2D eigenvalue weighted by Gasteiger charge is -2.10. The van der Waals surface area contributed by atoms with Crippen molar-refractivity contribution in [3.63, 3.8) is 0 Å². The normalized spacial score (nSPS) is 11.0. The fourth-order valence-electron chi connectivity index (χ4n) is 2.31. The standard InChI is InChI=1S/C18H19ClN4O6S/c1-2-17(24)22-13-5-3-12(4-6-13)18(25)20-9-10-21-30(28,29)16-11-14(23(26)27)7-8-15(16)19/h3-8,11,21H,2,9-10H2,1H3,(H,20,25)(H,22,24). The highest BCUT2D eigenvalue weighted by Crippen LogP contribution is 2.25. The molecule has 2 rings (SSSR count). The van der Waals surface area contributed by atoms with Gasteiger partial charge in [-0.15, -0.1) is 0 Å². The molecule has 0 atom stereocenters. The largest absolute Gasteiger partial charge is 0.351 e. The van der Waals surface area contributed by atoms with Gasteiger partial charge in [-0.2, -0.15) is 0 Å². The van der Waals surface area contributed by atoms with Gasteiger partial charge in [0.15, 0.2) is 0 Å². The summed E-state index contributed by atoms with van der Waals surface area (Å²) in [5.74, 6) is -0.584. The summed E-state index contributed by atoms with van der Waals surface area (Å²) in [7, 11) is -4.11. The third-order valence-corrected chi connectivity index (χ3v) is 5.81. The van der Waals surface area contributed by atoms with E-state index >= 15 is 0 Å². The Morgan fingerprint density at radius 3 is 2.37 bits per heavy atom. The summed E-state index contributed by atoms with van der Waals surface area (Å²) >= 11 is 5.84. The molecule has 0 aromatic heterocycles. The number of hydrogen-bond donors (Lipinski definition) is 3. The van der Waals surface area contributed by atoms with Gasteiger partial charge < -0.3 is 10.6 Å². The van der Waals surface area contributed by atoms with Crippen LogP contribution in [-0.2, 0) is 14.8 Å². The monoisotopic (exact) mass is 454 g/mol. The SMILES string of the molecule is CCC(=O)Nc1ccc(C(=O)NCCNS(=O)(=O)c2cc([N+](=O)[O-])ccc2Cl)cc1. The fraction of sp³-hybridized carbons (Fsp3) is 0.222. The second kappa shape index (κ2) is 10.1. The molecule has 3 N–H and O–H groups in total. The number of sulfonamides is 1. The minimum atomic E-state index is -4.11. The number of carbonyl (C=O) groups is 2. The van der Waals surface area contributed by atoms with Gasteiger partial charge in [0, 0.05) is 42.9 Å². The molecule has 0 unspecified atom stereocenters. The molecule has 12 heteroatoms. The minimum Gasteiger partial charge on any atom is -0.351 e. The van der Waals surface area contributed by atoms with E-state index in [1.165, 1.54) is 12.1 Å². The number of nitro groups is 1. The van der Waals surface area contributed by atoms with Crippen LogP contribution in [0.25, 0.3) is 0 Å². The maximum Gasteiger partial charge on any atom is 0.270 e. The van der Waals surface area contributed by atoms with Crippen molar-refractivity contribution in [2.24, 2.45) is 0 Å². The average molecular weight is 455 g/mol. The Balaban J connectivity index is 1.91. The van der Waals surface area contributed by atoms with Crippen LogP contribution in [0.1, 0.15) is 23.7 Å². The number of rotatable bonds is 9. The van der Waals surface area contributed by atoms with Gasteiger partial charge in [0.2, 0.25) is 15.9 Å². The van der Waals surface area contributed by atoms with E-state index in [-0.39, 0.29) is 24.0 Å². The lowest BCUT2D eigenvalue weighted by molar-refractivity contribution is -0.385. The number of benzene rings is 2. The second-order valence-electron chi connectivity index (χ2n) is 6.00. The molecule has 0 aliphatic rings. The fourth-order valence-corrected chi connectivity index (χ4v) is 3.86. The second-order valence-corrected chi connectivity index (χ2v) is 8.15. The van der Waals surface area contributed by atoms with Crippen molar-refractivity contribution in [2.45, 2.75) is 18.2 Å². The highest BCUT2D eigenvalue weighted by molar-refractivity contribution is 7.89. The van der Waals surface area contributed by atoms with Crippen LogP contribution in [0.15, 0.2) is 47.4 Å². The van der Waals surface area contributed by atoms with E-state index in [0.29, 0.717) is 17.7 Å². The summed E-state index contributed by atoms with van der Waals surface area (Å²) in [6.45, 7) is 1.54. The topological polar surface area (TPSA) is 148 Å². The molecule has 0 fully saturated rings. The summed E-state index contributed by atoms with van der Waals surface area (Å²) in [4.78, 5) is 33.2. The summed E-state index contributed by atoms with van der Waals surface area (Å²) < 4.78 is 26.9. The molecule has 2 amide bonds. The van der Waals surface area contributed by atoms with Crippen LogP contribution in [0, 0.1) is 10.1 Å². The smallest absolute Gasteiger partial charge is 0.270 e. The van der Waals surface area contributed by atoms with Crippen molar-refractivity contribution in [2.75, 3.05) is 18.4 Å². The maximum absolute atomic E-state index is 12.3. The van der Waals surface area contributed by atoms with Gasteiger partial charge in [0.05, 0.1) is 9.95 Å². The van der Waals surface area contributed by atoms with Crippen molar-refractivity contribution in [1.82, 2.24) is 10.0 Å². The molecule has 30 heavy (non-hydrogen) atoms. The molecule has 160 valence electrons. The quantitative estimate of drug-likeness (QED) is 0.301. The molecule has 2 aromatic rings. The van der Waals surface area contributed by atoms with Gasteiger partial charge in [0.25, 0.3) is 11.6 Å². The van der Waals surface area contributed by atoms with E-state index in [4.69, 9.17) is 11.6 Å². The molecule has 0 heterocycles. The number of hydrogen-bond acceptors (Lipinski definition) is 6. The van der Waals surface area contributed by atoms with Crippen LogP contribution in [0.2, 0.25) is 5.02 Å². The van der Waals surface area contributed by atoms with Crippen LogP contribution in [0.4, 0.5) is 11.4 Å². The summed E-state index contributed by atoms with van der Waals surface area (Å²) in [5.41, 5.74) is 0.473. The number of amides is 2. The molecule has 0 bridgehead atoms. The van der Waals surface area contributed by atoms with Crippen molar-refractivity contribution in [1.29, 1.82) is 0 Å². The first-order valence-corrected chi connectivity index (χ1v) is 10.6. The molecule has 0 aliphatic heterocycles. The number of carbonyl (C=O) groups excluding carboxylic acids is 2. The first kappa shape index (κ1) is 23.3. The molecule has 2 aromatic carbocycles. The van der Waals surface area contributed by atoms with Crippen LogP contribution in [0.5, 0.6) is 0 Å². The Labute approximate surface area is 177 Å². The Bertz CT molecular complexity index is 1060. The molecule has 0 saturated heterocycles. The van der Waals surface area contributed by atoms with Crippen LogP contribution < -0.4 is 15.4 Å². The Hall–Kier alpha value is -3.02. The number of nitrogens with one attached hydrogen (secondary N) is 3. The molecular formula is C18H19ClN4O6S. The number of halogens is 1. The number of nitrogens with zero attached hydrogens (tertiary/aromatic N) is 1. The first-order chi connectivity index (χ1) is 14.1. The minimum absolute atomic E-state index is 0.0288. The number of anilines is 1. The molecule has 0 radical (unpaired) electrons. The zero-order valence-electron chi connectivity index (χ0n) is 15.8. The van der Waals surface area contributed by atoms with Crippen molar-refractivity contribution in [3.05, 3.63) is 63.2 Å². The number of nitro benzene ring substituents is 1. The third-order valence-electron chi connectivity index (χ3n) is 3.87. The third kappa shape index (κ3) is 6.24. The Kier molecular flexibility index (Phi) is 7.86. The first-order valence-electron chi connectivity index (χ1n) is 8.75. The predicted octanol–water partition coefficient (Wildman–Crippen LogP) is 2.31. The highest BCUT2D eigenvalue weighted by atomic mass is 35.5.